The summed E-state index contributed by atoms with van der Waals surface area (Å²) in [6.07, 6.45) is -0.906. The molecular formula is C19H20N2O6. The molecule has 1 amide bonds. The second kappa shape index (κ2) is 8.79. The lowest BCUT2D eigenvalue weighted by molar-refractivity contribution is -0.384. The molecule has 0 bridgehead atoms. The van der Waals surface area contributed by atoms with Crippen molar-refractivity contribution >= 4 is 23.3 Å². The number of esters is 1. The van der Waals surface area contributed by atoms with E-state index in [4.69, 9.17) is 9.47 Å². The van der Waals surface area contributed by atoms with Crippen LogP contribution in [0.25, 0.3) is 0 Å². The van der Waals surface area contributed by atoms with Gasteiger partial charge < -0.3 is 14.8 Å². The molecular weight excluding hydrogens is 352 g/mol. The number of rotatable bonds is 7. The quantitative estimate of drug-likeness (QED) is 0.454. The zero-order chi connectivity index (χ0) is 20.0. The van der Waals surface area contributed by atoms with E-state index >= 15 is 0 Å². The average molecular weight is 372 g/mol. The molecule has 2 aromatic carbocycles. The Hall–Kier alpha value is -3.42. The van der Waals surface area contributed by atoms with E-state index in [9.17, 15) is 19.7 Å². The summed E-state index contributed by atoms with van der Waals surface area (Å²) in [5, 5.41) is 13.6. The van der Waals surface area contributed by atoms with Crippen LogP contribution in [-0.2, 0) is 14.3 Å². The number of nitro groups is 1. The van der Waals surface area contributed by atoms with Crippen molar-refractivity contribution in [2.75, 3.05) is 11.9 Å². The Morgan fingerprint density at radius 3 is 2.41 bits per heavy atom. The topological polar surface area (TPSA) is 108 Å². The van der Waals surface area contributed by atoms with Gasteiger partial charge >= 0.3 is 5.97 Å². The molecule has 2 aromatic rings. The van der Waals surface area contributed by atoms with Crippen molar-refractivity contribution < 1.29 is 24.0 Å². The number of nitrogens with zero attached hydrogens (tertiary/aromatic N) is 1. The van der Waals surface area contributed by atoms with Crippen molar-refractivity contribution in [2.24, 2.45) is 0 Å². The highest BCUT2D eigenvalue weighted by molar-refractivity contribution is 5.95. The smallest absolute Gasteiger partial charge is 0.347 e. The Bertz CT molecular complexity index is 851. The van der Waals surface area contributed by atoms with Crippen LogP contribution in [0.5, 0.6) is 5.75 Å². The number of ether oxygens (including phenoxy) is 2. The number of hydrogen-bond acceptors (Lipinski definition) is 6. The highest BCUT2D eigenvalue weighted by Crippen LogP contribution is 2.27. The molecule has 8 nitrogen and oxygen atoms in total. The molecule has 0 aromatic heterocycles. The molecule has 0 radical (unpaired) electrons. The molecule has 0 spiro atoms. The Morgan fingerprint density at radius 2 is 1.78 bits per heavy atom. The van der Waals surface area contributed by atoms with E-state index in [1.807, 2.05) is 6.07 Å². The fraction of sp³-hybridized carbons (Fsp3) is 0.263. The molecule has 0 saturated heterocycles. The first kappa shape index (κ1) is 19.9. The molecule has 1 N–H and O–H groups in total. The van der Waals surface area contributed by atoms with E-state index < -0.39 is 29.5 Å². The summed E-state index contributed by atoms with van der Waals surface area (Å²) in [6.45, 7) is 4.44. The van der Waals surface area contributed by atoms with Gasteiger partial charge in [-0.2, -0.15) is 0 Å². The van der Waals surface area contributed by atoms with Crippen LogP contribution in [-0.4, -0.2) is 29.5 Å². The summed E-state index contributed by atoms with van der Waals surface area (Å²) in [6, 6.07) is 11.6. The molecule has 1 atom stereocenters. The van der Waals surface area contributed by atoms with E-state index in [-0.39, 0.29) is 11.4 Å². The van der Waals surface area contributed by atoms with Gasteiger partial charge in [-0.1, -0.05) is 18.2 Å². The maximum atomic E-state index is 12.0. The minimum Gasteiger partial charge on any atom is -0.479 e. The van der Waals surface area contributed by atoms with Crippen molar-refractivity contribution in [3.63, 3.8) is 0 Å². The lowest BCUT2D eigenvalue weighted by Gasteiger charge is -2.14. The third-order valence-electron chi connectivity index (χ3n) is 3.82. The third kappa shape index (κ3) is 5.53. The van der Waals surface area contributed by atoms with Crippen LogP contribution in [0, 0.1) is 24.0 Å². The Kier molecular flexibility index (Phi) is 6.48. The Morgan fingerprint density at radius 1 is 1.15 bits per heavy atom. The first-order valence-corrected chi connectivity index (χ1v) is 8.21. The zero-order valence-electron chi connectivity index (χ0n) is 15.2. The predicted molar refractivity (Wildman–Crippen MR) is 98.7 cm³/mol. The molecule has 0 aliphatic rings. The Balaban J connectivity index is 1.93. The average Bonchev–Trinajstić information content (AvgIpc) is 2.63. The third-order valence-corrected chi connectivity index (χ3v) is 3.82. The fourth-order valence-electron chi connectivity index (χ4n) is 2.24. The van der Waals surface area contributed by atoms with Crippen molar-refractivity contribution in [1.82, 2.24) is 0 Å². The van der Waals surface area contributed by atoms with Gasteiger partial charge in [0.05, 0.1) is 4.92 Å². The zero-order valence-corrected chi connectivity index (χ0v) is 15.2. The number of carbonyl (C=O) groups excluding carboxylic acids is 2. The fourth-order valence-corrected chi connectivity index (χ4v) is 2.24. The minimum atomic E-state index is -0.906. The maximum absolute atomic E-state index is 12.0. The van der Waals surface area contributed by atoms with Crippen molar-refractivity contribution in [3.05, 3.63) is 63.7 Å². The van der Waals surface area contributed by atoms with Crippen LogP contribution in [0.1, 0.15) is 18.1 Å². The first-order valence-electron chi connectivity index (χ1n) is 8.21. The molecule has 0 aliphatic carbocycles. The molecule has 8 heteroatoms. The second-order valence-corrected chi connectivity index (χ2v) is 5.94. The molecule has 2 rings (SSSR count). The Labute approximate surface area is 156 Å². The predicted octanol–water partition coefficient (Wildman–Crippen LogP) is 3.16. The summed E-state index contributed by atoms with van der Waals surface area (Å²) >= 11 is 0. The van der Waals surface area contributed by atoms with Crippen LogP contribution in [0.4, 0.5) is 11.4 Å². The van der Waals surface area contributed by atoms with Gasteiger partial charge in [0.25, 0.3) is 11.6 Å². The number of benzene rings is 2. The second-order valence-electron chi connectivity index (χ2n) is 5.94. The molecule has 0 aliphatic heterocycles. The summed E-state index contributed by atoms with van der Waals surface area (Å²) in [5.74, 6) is -0.901. The molecule has 0 unspecified atom stereocenters. The maximum Gasteiger partial charge on any atom is 0.347 e. The number of nitro benzene ring substituents is 1. The number of amides is 1. The molecule has 0 saturated carbocycles. The van der Waals surface area contributed by atoms with Gasteiger partial charge in [-0.05, 0) is 50.1 Å². The van der Waals surface area contributed by atoms with E-state index in [0.717, 1.165) is 11.1 Å². The summed E-state index contributed by atoms with van der Waals surface area (Å²) in [7, 11) is 0. The molecule has 0 fully saturated rings. The van der Waals surface area contributed by atoms with Crippen LogP contribution in [0.3, 0.4) is 0 Å². The number of aryl methyl sites for hydroxylation is 2. The number of para-hydroxylation sites is 1. The monoisotopic (exact) mass is 372 g/mol. The summed E-state index contributed by atoms with van der Waals surface area (Å²) in [5.41, 5.74) is 1.35. The van der Waals surface area contributed by atoms with Gasteiger partial charge in [0.2, 0.25) is 0 Å². The number of hydrogen-bond donors (Lipinski definition) is 1. The van der Waals surface area contributed by atoms with Crippen LogP contribution >= 0.6 is 0 Å². The van der Waals surface area contributed by atoms with Crippen LogP contribution < -0.4 is 10.1 Å². The highest BCUT2D eigenvalue weighted by Gasteiger charge is 2.20. The minimum absolute atomic E-state index is 0.0535. The van der Waals surface area contributed by atoms with Gasteiger partial charge in [0, 0.05) is 6.07 Å². The van der Waals surface area contributed by atoms with E-state index in [1.54, 1.807) is 38.1 Å². The van der Waals surface area contributed by atoms with Gasteiger partial charge in [-0.3, -0.25) is 14.9 Å². The number of nitrogens with one attached hydrogen (secondary N) is 1. The van der Waals surface area contributed by atoms with Crippen LogP contribution in [0.15, 0.2) is 42.5 Å². The lowest BCUT2D eigenvalue weighted by Crippen LogP contribution is -2.29. The summed E-state index contributed by atoms with van der Waals surface area (Å²) < 4.78 is 10.3. The van der Waals surface area contributed by atoms with Gasteiger partial charge in [0.1, 0.15) is 11.4 Å². The van der Waals surface area contributed by atoms with E-state index in [1.165, 1.54) is 19.1 Å². The number of carbonyl (C=O) groups is 2. The normalized spacial score (nSPS) is 11.4. The molecule has 142 valence electrons. The molecule has 27 heavy (non-hydrogen) atoms. The van der Waals surface area contributed by atoms with Gasteiger partial charge in [-0.15, -0.1) is 0 Å². The lowest BCUT2D eigenvalue weighted by atomic mass is 10.1. The first-order chi connectivity index (χ1) is 12.8. The van der Waals surface area contributed by atoms with E-state index in [0.29, 0.717) is 5.75 Å². The number of anilines is 1. The van der Waals surface area contributed by atoms with Gasteiger partial charge in [-0.25, -0.2) is 4.79 Å². The SMILES string of the molecule is Cc1cc(NC(=O)COC(=O)[C@@H](C)Oc2ccccc2)c([N+](=O)[O-])cc1C. The van der Waals surface area contributed by atoms with Crippen LogP contribution in [0.2, 0.25) is 0 Å². The van der Waals surface area contributed by atoms with Crippen molar-refractivity contribution in [3.8, 4) is 5.75 Å². The standard InChI is InChI=1S/C19H20N2O6/c1-12-9-16(17(21(24)25)10-13(12)2)20-18(22)11-26-19(23)14(3)27-15-7-5-4-6-8-15/h4-10,14H,11H2,1-3H3,(H,20,22)/t14-/m1/s1. The largest absolute Gasteiger partial charge is 0.479 e. The van der Waals surface area contributed by atoms with E-state index in [2.05, 4.69) is 5.32 Å². The van der Waals surface area contributed by atoms with Gasteiger partial charge in [0.15, 0.2) is 12.7 Å². The molecule has 0 heterocycles. The van der Waals surface area contributed by atoms with Crippen molar-refractivity contribution in [2.45, 2.75) is 26.9 Å². The summed E-state index contributed by atoms with van der Waals surface area (Å²) in [4.78, 5) is 34.5. The highest BCUT2D eigenvalue weighted by atomic mass is 16.6. The van der Waals surface area contributed by atoms with Crippen molar-refractivity contribution in [1.29, 1.82) is 0 Å².